The fourth-order valence-corrected chi connectivity index (χ4v) is 3.67. The van der Waals surface area contributed by atoms with Crippen LogP contribution in [0.15, 0.2) is 24.3 Å². The highest BCUT2D eigenvalue weighted by Crippen LogP contribution is 2.23. The molecule has 0 N–H and O–H groups in total. The van der Waals surface area contributed by atoms with E-state index in [9.17, 15) is 4.79 Å². The van der Waals surface area contributed by atoms with Crippen molar-refractivity contribution in [2.75, 3.05) is 39.4 Å². The number of aryl methyl sites for hydroxylation is 1. The van der Waals surface area contributed by atoms with E-state index in [0.29, 0.717) is 6.04 Å². The van der Waals surface area contributed by atoms with Crippen LogP contribution in [0.25, 0.3) is 0 Å². The first-order valence-corrected chi connectivity index (χ1v) is 8.92. The summed E-state index contributed by atoms with van der Waals surface area (Å²) in [7, 11) is 0. The lowest BCUT2D eigenvalue weighted by molar-refractivity contribution is 0.0295. The van der Waals surface area contributed by atoms with Crippen LogP contribution < -0.4 is 0 Å². The van der Waals surface area contributed by atoms with E-state index in [-0.39, 0.29) is 5.91 Å². The molecule has 4 heteroatoms. The van der Waals surface area contributed by atoms with Crippen molar-refractivity contribution in [3.05, 3.63) is 35.4 Å². The van der Waals surface area contributed by atoms with Crippen LogP contribution in [0.2, 0.25) is 0 Å². The van der Waals surface area contributed by atoms with Gasteiger partial charge in [-0.15, -0.1) is 0 Å². The number of benzene rings is 1. The van der Waals surface area contributed by atoms with Gasteiger partial charge >= 0.3 is 0 Å². The van der Waals surface area contributed by atoms with Gasteiger partial charge in [0.1, 0.15) is 0 Å². The third kappa shape index (κ3) is 4.33. The Kier molecular flexibility index (Phi) is 5.68. The largest absolute Gasteiger partial charge is 0.379 e. The summed E-state index contributed by atoms with van der Waals surface area (Å²) in [6, 6.07) is 8.37. The second kappa shape index (κ2) is 7.93. The summed E-state index contributed by atoms with van der Waals surface area (Å²) < 4.78 is 5.41. The van der Waals surface area contributed by atoms with Crippen molar-refractivity contribution in [2.45, 2.75) is 38.6 Å². The van der Waals surface area contributed by atoms with Crippen molar-refractivity contribution in [1.82, 2.24) is 9.80 Å². The number of amides is 1. The molecule has 0 aromatic heterocycles. The lowest BCUT2D eigenvalue weighted by atomic mass is 9.97. The number of rotatable bonds is 4. The normalized spacial score (nSPS) is 23.0. The summed E-state index contributed by atoms with van der Waals surface area (Å²) in [4.78, 5) is 17.5. The average Bonchev–Trinajstić information content (AvgIpc) is 2.60. The molecular weight excluding hydrogens is 288 g/mol. The molecule has 2 aliphatic heterocycles. The van der Waals surface area contributed by atoms with Gasteiger partial charge in [-0.05, 0) is 44.7 Å². The summed E-state index contributed by atoms with van der Waals surface area (Å²) in [6.45, 7) is 7.76. The molecule has 23 heavy (non-hydrogen) atoms. The zero-order chi connectivity index (χ0) is 16.1. The molecule has 2 heterocycles. The predicted molar refractivity (Wildman–Crippen MR) is 91.7 cm³/mol. The van der Waals surface area contributed by atoms with Gasteiger partial charge in [-0.2, -0.15) is 0 Å². The smallest absolute Gasteiger partial charge is 0.254 e. The third-order valence-electron chi connectivity index (χ3n) is 5.04. The molecule has 0 bridgehead atoms. The van der Waals surface area contributed by atoms with Gasteiger partial charge in [0.05, 0.1) is 13.2 Å². The minimum Gasteiger partial charge on any atom is -0.379 e. The van der Waals surface area contributed by atoms with Crippen molar-refractivity contribution in [1.29, 1.82) is 0 Å². The molecule has 126 valence electrons. The molecular formula is C19H28N2O2. The predicted octanol–water partition coefficient (Wildman–Crippen LogP) is 2.71. The molecule has 0 spiro atoms. The molecule has 0 radical (unpaired) electrons. The SMILES string of the molecule is Cc1cccc(C(=O)N2CCCCC2CCN2CCOCC2)c1. The Morgan fingerprint density at radius 2 is 2.04 bits per heavy atom. The summed E-state index contributed by atoms with van der Waals surface area (Å²) >= 11 is 0. The average molecular weight is 316 g/mol. The van der Waals surface area contributed by atoms with Crippen LogP contribution in [-0.4, -0.2) is 61.1 Å². The number of ether oxygens (including phenoxy) is 1. The Labute approximate surface area is 139 Å². The first-order valence-electron chi connectivity index (χ1n) is 8.92. The van der Waals surface area contributed by atoms with Crippen molar-refractivity contribution in [3.63, 3.8) is 0 Å². The Morgan fingerprint density at radius 3 is 2.83 bits per heavy atom. The number of hydrogen-bond donors (Lipinski definition) is 0. The Balaban J connectivity index is 1.62. The van der Waals surface area contributed by atoms with E-state index < -0.39 is 0 Å². The maximum absolute atomic E-state index is 12.9. The first-order chi connectivity index (χ1) is 11.2. The van der Waals surface area contributed by atoms with Gasteiger partial charge in [-0.25, -0.2) is 0 Å². The van der Waals surface area contributed by atoms with E-state index >= 15 is 0 Å². The Hall–Kier alpha value is -1.39. The van der Waals surface area contributed by atoms with Gasteiger partial charge in [0, 0.05) is 37.8 Å². The van der Waals surface area contributed by atoms with Crippen molar-refractivity contribution >= 4 is 5.91 Å². The summed E-state index contributed by atoms with van der Waals surface area (Å²) in [6.07, 6.45) is 4.59. The zero-order valence-corrected chi connectivity index (χ0v) is 14.2. The standard InChI is InChI=1S/C19H28N2O2/c1-16-5-4-6-17(15-16)19(22)21-9-3-2-7-18(21)8-10-20-11-13-23-14-12-20/h4-6,15,18H,2-3,7-14H2,1H3. The van der Waals surface area contributed by atoms with E-state index in [1.54, 1.807) is 0 Å². The van der Waals surface area contributed by atoms with Crippen LogP contribution in [0.3, 0.4) is 0 Å². The van der Waals surface area contributed by atoms with Crippen LogP contribution >= 0.6 is 0 Å². The van der Waals surface area contributed by atoms with Crippen molar-refractivity contribution < 1.29 is 9.53 Å². The highest BCUT2D eigenvalue weighted by molar-refractivity contribution is 5.94. The number of nitrogens with zero attached hydrogens (tertiary/aromatic N) is 2. The van der Waals surface area contributed by atoms with E-state index in [1.807, 2.05) is 31.2 Å². The number of carbonyl (C=O) groups is 1. The topological polar surface area (TPSA) is 32.8 Å². The maximum atomic E-state index is 12.9. The molecule has 1 aromatic carbocycles. The Bertz CT molecular complexity index is 526. The number of piperidine rings is 1. The van der Waals surface area contributed by atoms with Gasteiger partial charge in [-0.3, -0.25) is 9.69 Å². The van der Waals surface area contributed by atoms with Crippen LogP contribution in [-0.2, 0) is 4.74 Å². The monoisotopic (exact) mass is 316 g/mol. The summed E-state index contributed by atoms with van der Waals surface area (Å²) in [5.41, 5.74) is 1.99. The molecule has 1 atom stereocenters. The molecule has 0 aliphatic carbocycles. The van der Waals surface area contributed by atoms with Crippen LogP contribution in [0.1, 0.15) is 41.6 Å². The molecule has 2 fully saturated rings. The number of morpholine rings is 1. The summed E-state index contributed by atoms with van der Waals surface area (Å²) in [5, 5.41) is 0. The minimum absolute atomic E-state index is 0.209. The van der Waals surface area contributed by atoms with Crippen molar-refractivity contribution in [2.24, 2.45) is 0 Å². The van der Waals surface area contributed by atoms with Gasteiger partial charge in [-0.1, -0.05) is 17.7 Å². The fraction of sp³-hybridized carbons (Fsp3) is 0.632. The quantitative estimate of drug-likeness (QED) is 0.856. The Morgan fingerprint density at radius 1 is 1.22 bits per heavy atom. The van der Waals surface area contributed by atoms with Gasteiger partial charge in [0.25, 0.3) is 5.91 Å². The lowest BCUT2D eigenvalue weighted by Crippen LogP contribution is -2.46. The van der Waals surface area contributed by atoms with Crippen molar-refractivity contribution in [3.8, 4) is 0 Å². The van der Waals surface area contributed by atoms with Crippen LogP contribution in [0.5, 0.6) is 0 Å². The fourth-order valence-electron chi connectivity index (χ4n) is 3.67. The minimum atomic E-state index is 0.209. The van der Waals surface area contributed by atoms with E-state index in [2.05, 4.69) is 9.80 Å². The second-order valence-corrected chi connectivity index (χ2v) is 6.76. The molecule has 4 nitrogen and oxygen atoms in total. The number of hydrogen-bond acceptors (Lipinski definition) is 3. The molecule has 2 aliphatic rings. The second-order valence-electron chi connectivity index (χ2n) is 6.76. The molecule has 1 amide bonds. The van der Waals surface area contributed by atoms with Crippen LogP contribution in [0, 0.1) is 6.92 Å². The number of likely N-dealkylation sites (tertiary alicyclic amines) is 1. The van der Waals surface area contributed by atoms with Gasteiger partial charge < -0.3 is 9.64 Å². The van der Waals surface area contributed by atoms with Gasteiger partial charge in [0.15, 0.2) is 0 Å². The summed E-state index contributed by atoms with van der Waals surface area (Å²) in [5.74, 6) is 0.209. The highest BCUT2D eigenvalue weighted by atomic mass is 16.5. The first kappa shape index (κ1) is 16.5. The van der Waals surface area contributed by atoms with E-state index in [4.69, 9.17) is 4.74 Å². The molecule has 1 unspecified atom stereocenters. The maximum Gasteiger partial charge on any atom is 0.254 e. The highest BCUT2D eigenvalue weighted by Gasteiger charge is 2.27. The molecule has 2 saturated heterocycles. The number of carbonyl (C=O) groups excluding carboxylic acids is 1. The third-order valence-corrected chi connectivity index (χ3v) is 5.04. The zero-order valence-electron chi connectivity index (χ0n) is 14.2. The van der Waals surface area contributed by atoms with Gasteiger partial charge in [0.2, 0.25) is 0 Å². The lowest BCUT2D eigenvalue weighted by Gasteiger charge is -2.37. The van der Waals surface area contributed by atoms with E-state index in [0.717, 1.165) is 69.8 Å². The van der Waals surface area contributed by atoms with Crippen LogP contribution in [0.4, 0.5) is 0 Å². The van der Waals surface area contributed by atoms with E-state index in [1.165, 1.54) is 6.42 Å². The molecule has 3 rings (SSSR count). The molecule has 1 aromatic rings. The molecule has 0 saturated carbocycles.